The molecule has 0 aliphatic carbocycles. The Kier molecular flexibility index (Phi) is 6.89. The van der Waals surface area contributed by atoms with Crippen molar-refractivity contribution in [1.29, 1.82) is 0 Å². The van der Waals surface area contributed by atoms with Gasteiger partial charge in [-0.1, -0.05) is 18.2 Å². The molecule has 2 aromatic carbocycles. The Morgan fingerprint density at radius 3 is 2.62 bits per heavy atom. The van der Waals surface area contributed by atoms with Gasteiger partial charge in [-0.2, -0.15) is 11.8 Å². The molecular weight excluding hydrogens is 422 g/mol. The number of benzene rings is 2. The van der Waals surface area contributed by atoms with Crippen LogP contribution >= 0.6 is 11.8 Å². The Hall–Kier alpha value is -2.34. The first kappa shape index (κ1) is 22.8. The fourth-order valence-electron chi connectivity index (χ4n) is 4.85. The quantitative estimate of drug-likeness (QED) is 0.585. The molecule has 1 fully saturated rings. The normalized spacial score (nSPS) is 19.4. The summed E-state index contributed by atoms with van der Waals surface area (Å²) in [7, 11) is 1.60. The van der Waals surface area contributed by atoms with E-state index in [0.29, 0.717) is 36.1 Å². The predicted octanol–water partition coefficient (Wildman–Crippen LogP) is 5.39. The van der Waals surface area contributed by atoms with E-state index >= 15 is 0 Å². The second kappa shape index (κ2) is 9.65. The van der Waals surface area contributed by atoms with E-state index in [-0.39, 0.29) is 17.6 Å². The van der Waals surface area contributed by atoms with Crippen molar-refractivity contribution in [3.8, 4) is 17.2 Å². The first-order valence-electron chi connectivity index (χ1n) is 11.4. The lowest BCUT2D eigenvalue weighted by atomic mass is 9.78. The number of hydrogen-bond donors (Lipinski definition) is 0. The summed E-state index contributed by atoms with van der Waals surface area (Å²) in [6.07, 6.45) is 4.92. The summed E-state index contributed by atoms with van der Waals surface area (Å²) in [4.78, 5) is 15.2. The SMILES string of the molecule is COc1cc(C(=O)N2CCC3(CC2)CC(CSC)c2ccccc2O3)ccc1OC(C)C. The number of rotatable bonds is 6. The molecule has 0 N–H and O–H groups in total. The van der Waals surface area contributed by atoms with Gasteiger partial charge >= 0.3 is 0 Å². The molecule has 1 unspecified atom stereocenters. The maximum atomic E-state index is 13.2. The van der Waals surface area contributed by atoms with Crippen LogP contribution in [0.25, 0.3) is 0 Å². The summed E-state index contributed by atoms with van der Waals surface area (Å²) in [6, 6.07) is 13.9. The van der Waals surface area contributed by atoms with Gasteiger partial charge in [-0.25, -0.2) is 0 Å². The highest BCUT2D eigenvalue weighted by Crippen LogP contribution is 2.46. The Morgan fingerprint density at radius 1 is 1.19 bits per heavy atom. The highest BCUT2D eigenvalue weighted by Gasteiger charge is 2.43. The van der Waals surface area contributed by atoms with Crippen molar-refractivity contribution in [3.63, 3.8) is 0 Å². The molecular formula is C26H33NO4S. The Balaban J connectivity index is 1.46. The van der Waals surface area contributed by atoms with Gasteiger partial charge in [0.1, 0.15) is 11.4 Å². The molecule has 1 amide bonds. The Morgan fingerprint density at radius 2 is 1.94 bits per heavy atom. The van der Waals surface area contributed by atoms with Crippen LogP contribution in [0.3, 0.4) is 0 Å². The van der Waals surface area contributed by atoms with Gasteiger partial charge in [-0.15, -0.1) is 0 Å². The number of carbonyl (C=O) groups excluding carboxylic acids is 1. The molecule has 2 heterocycles. The molecule has 2 aromatic rings. The number of carbonyl (C=O) groups is 1. The van der Waals surface area contributed by atoms with Gasteiger partial charge in [-0.3, -0.25) is 4.79 Å². The smallest absolute Gasteiger partial charge is 0.253 e. The van der Waals surface area contributed by atoms with Crippen LogP contribution in [0.5, 0.6) is 17.2 Å². The number of piperidine rings is 1. The molecule has 2 aliphatic rings. The van der Waals surface area contributed by atoms with E-state index in [1.54, 1.807) is 13.2 Å². The molecule has 32 heavy (non-hydrogen) atoms. The maximum Gasteiger partial charge on any atom is 0.253 e. The minimum absolute atomic E-state index is 0.0334. The zero-order valence-electron chi connectivity index (χ0n) is 19.4. The monoisotopic (exact) mass is 455 g/mol. The van der Waals surface area contributed by atoms with Crippen molar-refractivity contribution in [2.75, 3.05) is 32.2 Å². The Labute approximate surface area is 195 Å². The predicted molar refractivity (Wildman–Crippen MR) is 129 cm³/mol. The fraction of sp³-hybridized carbons (Fsp3) is 0.500. The van der Waals surface area contributed by atoms with Crippen molar-refractivity contribution in [3.05, 3.63) is 53.6 Å². The number of ether oxygens (including phenoxy) is 3. The van der Waals surface area contributed by atoms with Crippen LogP contribution in [0.2, 0.25) is 0 Å². The van der Waals surface area contributed by atoms with Crippen LogP contribution < -0.4 is 14.2 Å². The van der Waals surface area contributed by atoms with Gasteiger partial charge in [0.25, 0.3) is 5.91 Å². The number of likely N-dealkylation sites (tertiary alicyclic amines) is 1. The van der Waals surface area contributed by atoms with Crippen molar-refractivity contribution in [1.82, 2.24) is 4.90 Å². The summed E-state index contributed by atoms with van der Waals surface area (Å²) < 4.78 is 17.8. The summed E-state index contributed by atoms with van der Waals surface area (Å²) in [6.45, 7) is 5.33. The van der Waals surface area contributed by atoms with Crippen LogP contribution in [-0.4, -0.2) is 54.7 Å². The number of para-hydroxylation sites is 1. The molecule has 1 saturated heterocycles. The summed E-state index contributed by atoms with van der Waals surface area (Å²) in [5.74, 6) is 3.88. The van der Waals surface area contributed by atoms with E-state index in [2.05, 4.69) is 24.5 Å². The molecule has 0 radical (unpaired) electrons. The number of fused-ring (bicyclic) bond motifs is 1. The first-order chi connectivity index (χ1) is 15.4. The van der Waals surface area contributed by atoms with Crippen LogP contribution in [0.15, 0.2) is 42.5 Å². The lowest BCUT2D eigenvalue weighted by molar-refractivity contribution is -0.0161. The molecule has 0 saturated carbocycles. The molecule has 1 atom stereocenters. The van der Waals surface area contributed by atoms with Gasteiger partial charge in [-0.05, 0) is 56.4 Å². The van der Waals surface area contributed by atoms with Crippen LogP contribution in [0.1, 0.15) is 54.9 Å². The minimum Gasteiger partial charge on any atom is -0.493 e. The number of amides is 1. The first-order valence-corrected chi connectivity index (χ1v) is 12.7. The van der Waals surface area contributed by atoms with Crippen molar-refractivity contribution < 1.29 is 19.0 Å². The zero-order chi connectivity index (χ0) is 22.7. The highest BCUT2D eigenvalue weighted by molar-refractivity contribution is 7.98. The number of methoxy groups -OCH3 is 1. The average Bonchev–Trinajstić information content (AvgIpc) is 2.79. The zero-order valence-corrected chi connectivity index (χ0v) is 20.2. The van der Waals surface area contributed by atoms with Gasteiger partial charge < -0.3 is 19.1 Å². The van der Waals surface area contributed by atoms with E-state index in [9.17, 15) is 4.79 Å². The largest absolute Gasteiger partial charge is 0.493 e. The number of hydrogen-bond acceptors (Lipinski definition) is 5. The Bertz CT molecular complexity index is 953. The maximum absolute atomic E-state index is 13.2. The third kappa shape index (κ3) is 4.70. The van der Waals surface area contributed by atoms with E-state index in [4.69, 9.17) is 14.2 Å². The molecule has 4 rings (SSSR count). The number of nitrogens with zero attached hydrogens (tertiary/aromatic N) is 1. The number of thioether (sulfide) groups is 1. The molecule has 172 valence electrons. The van der Waals surface area contributed by atoms with Crippen LogP contribution in [0, 0.1) is 0 Å². The summed E-state index contributed by atoms with van der Waals surface area (Å²) >= 11 is 1.89. The fourth-order valence-corrected chi connectivity index (χ4v) is 5.55. The summed E-state index contributed by atoms with van der Waals surface area (Å²) in [5.41, 5.74) is 1.77. The van der Waals surface area contributed by atoms with E-state index in [0.717, 1.165) is 30.8 Å². The molecule has 6 heteroatoms. The molecule has 0 bridgehead atoms. The van der Waals surface area contributed by atoms with E-state index in [1.165, 1.54) is 5.56 Å². The molecule has 2 aliphatic heterocycles. The van der Waals surface area contributed by atoms with Crippen LogP contribution in [0.4, 0.5) is 0 Å². The van der Waals surface area contributed by atoms with Crippen LogP contribution in [-0.2, 0) is 0 Å². The summed E-state index contributed by atoms with van der Waals surface area (Å²) in [5, 5.41) is 0. The van der Waals surface area contributed by atoms with Gasteiger partial charge in [0.2, 0.25) is 0 Å². The van der Waals surface area contributed by atoms with Crippen molar-refractivity contribution >= 4 is 17.7 Å². The molecule has 0 aromatic heterocycles. The standard InChI is InChI=1S/C26H33NO4S/c1-18(2)30-23-10-9-19(15-24(23)29-3)25(28)27-13-11-26(12-14-27)16-20(17-32-4)21-7-5-6-8-22(21)31-26/h5-10,15,18,20H,11-14,16-17H2,1-4H3. The van der Waals surface area contributed by atoms with Gasteiger partial charge in [0.05, 0.1) is 13.2 Å². The van der Waals surface area contributed by atoms with Gasteiger partial charge in [0, 0.05) is 43.2 Å². The third-order valence-electron chi connectivity index (χ3n) is 6.41. The second-order valence-electron chi connectivity index (χ2n) is 9.00. The topological polar surface area (TPSA) is 48.0 Å². The molecule has 5 nitrogen and oxygen atoms in total. The second-order valence-corrected chi connectivity index (χ2v) is 9.91. The average molecular weight is 456 g/mol. The van der Waals surface area contributed by atoms with Gasteiger partial charge in [0.15, 0.2) is 11.5 Å². The minimum atomic E-state index is -0.182. The molecule has 1 spiro atoms. The van der Waals surface area contributed by atoms with Crippen molar-refractivity contribution in [2.24, 2.45) is 0 Å². The van der Waals surface area contributed by atoms with Crippen molar-refractivity contribution in [2.45, 2.75) is 50.7 Å². The third-order valence-corrected chi connectivity index (χ3v) is 7.14. The highest BCUT2D eigenvalue weighted by atomic mass is 32.2. The lowest BCUT2D eigenvalue weighted by Crippen LogP contribution is -2.52. The van der Waals surface area contributed by atoms with E-state index < -0.39 is 0 Å². The lowest BCUT2D eigenvalue weighted by Gasteiger charge is -2.47. The van der Waals surface area contributed by atoms with E-state index in [1.807, 2.05) is 48.7 Å².